The van der Waals surface area contributed by atoms with Gasteiger partial charge >= 0.3 is 6.36 Å². The Morgan fingerprint density at radius 1 is 1.19 bits per heavy atom. The number of rotatable bonds is 10. The molecule has 0 aromatic heterocycles. The lowest BCUT2D eigenvalue weighted by atomic mass is 10.2. The zero-order chi connectivity index (χ0) is 19.4. The summed E-state index contributed by atoms with van der Waals surface area (Å²) in [4.78, 5) is 6.23. The molecule has 0 unspecified atom stereocenters. The lowest BCUT2D eigenvalue weighted by molar-refractivity contribution is -0.274. The van der Waals surface area contributed by atoms with Crippen molar-refractivity contribution in [3.8, 4) is 5.75 Å². The minimum Gasteiger partial charge on any atom is -0.405 e. The third kappa shape index (κ3) is 11.9. The monoisotopic (exact) mass is 504 g/mol. The van der Waals surface area contributed by atoms with Crippen LogP contribution in [-0.4, -0.2) is 64.7 Å². The van der Waals surface area contributed by atoms with Crippen LogP contribution in [0.2, 0.25) is 0 Å². The van der Waals surface area contributed by atoms with Crippen molar-refractivity contribution in [1.82, 2.24) is 15.5 Å². The molecule has 6 nitrogen and oxygen atoms in total. The Morgan fingerprint density at radius 2 is 1.89 bits per heavy atom. The molecule has 1 aromatic carbocycles. The third-order valence-electron chi connectivity index (χ3n) is 3.54. The molecule has 2 N–H and O–H groups in total. The zero-order valence-corrected chi connectivity index (χ0v) is 18.1. The van der Waals surface area contributed by atoms with E-state index in [0.29, 0.717) is 18.1 Å². The summed E-state index contributed by atoms with van der Waals surface area (Å²) in [5.41, 5.74) is 0.393. The topological polar surface area (TPSA) is 58.1 Å². The molecule has 1 rings (SSSR count). The summed E-state index contributed by atoms with van der Waals surface area (Å²) in [5, 5.41) is 6.12. The smallest absolute Gasteiger partial charge is 0.405 e. The standard InChI is InChI=1S/C17H27F3N4O2.HI/c1-21-16(22-9-11-24(2)10-6-12-25-3)23-13-14-7-4-5-8-15(14)26-17(18,19)20;/h4-5,7-8H,6,9-13H2,1-3H3,(H2,21,22,23);1H. The van der Waals surface area contributed by atoms with Gasteiger partial charge in [-0.25, -0.2) is 0 Å². The molecule has 10 heteroatoms. The molecule has 0 aliphatic heterocycles. The van der Waals surface area contributed by atoms with Crippen molar-refractivity contribution in [3.05, 3.63) is 29.8 Å². The maximum absolute atomic E-state index is 12.4. The number of methoxy groups -OCH3 is 1. The fourth-order valence-corrected chi connectivity index (χ4v) is 2.23. The fourth-order valence-electron chi connectivity index (χ4n) is 2.23. The van der Waals surface area contributed by atoms with Crippen LogP contribution in [0.4, 0.5) is 13.2 Å². The van der Waals surface area contributed by atoms with Gasteiger partial charge in [-0.3, -0.25) is 4.99 Å². The Kier molecular flexibility index (Phi) is 13.2. The first kappa shape index (κ1) is 25.7. The number of benzene rings is 1. The van der Waals surface area contributed by atoms with Crippen LogP contribution < -0.4 is 15.4 Å². The summed E-state index contributed by atoms with van der Waals surface area (Å²) < 4.78 is 46.4. The molecule has 0 spiro atoms. The molecule has 27 heavy (non-hydrogen) atoms. The predicted octanol–water partition coefficient (Wildman–Crippen LogP) is 2.84. The molecule has 1 aromatic rings. The van der Waals surface area contributed by atoms with Gasteiger partial charge in [-0.1, -0.05) is 18.2 Å². The van der Waals surface area contributed by atoms with Gasteiger partial charge in [0.25, 0.3) is 0 Å². The van der Waals surface area contributed by atoms with Crippen molar-refractivity contribution in [2.24, 2.45) is 4.99 Å². The van der Waals surface area contributed by atoms with Crippen molar-refractivity contribution in [1.29, 1.82) is 0 Å². The molecule has 0 heterocycles. The number of halogens is 4. The van der Waals surface area contributed by atoms with Gasteiger partial charge in [0.1, 0.15) is 5.75 Å². The first-order valence-corrected chi connectivity index (χ1v) is 8.31. The van der Waals surface area contributed by atoms with E-state index in [0.717, 1.165) is 26.1 Å². The van der Waals surface area contributed by atoms with E-state index in [1.165, 1.54) is 12.1 Å². The first-order chi connectivity index (χ1) is 12.4. The Morgan fingerprint density at radius 3 is 2.52 bits per heavy atom. The van der Waals surface area contributed by atoms with Crippen LogP contribution in [-0.2, 0) is 11.3 Å². The number of alkyl halides is 3. The highest BCUT2D eigenvalue weighted by atomic mass is 127. The van der Waals surface area contributed by atoms with Gasteiger partial charge in [0.05, 0.1) is 0 Å². The second-order valence-electron chi connectivity index (χ2n) is 5.66. The molecule has 156 valence electrons. The van der Waals surface area contributed by atoms with Crippen LogP contribution in [0.5, 0.6) is 5.75 Å². The number of para-hydroxylation sites is 1. The lowest BCUT2D eigenvalue weighted by Crippen LogP contribution is -2.40. The largest absolute Gasteiger partial charge is 0.573 e. The SMILES string of the molecule is CN=C(NCCN(C)CCCOC)NCc1ccccc1OC(F)(F)F.I. The summed E-state index contributed by atoms with van der Waals surface area (Å²) in [6, 6.07) is 6.02. The fraction of sp³-hybridized carbons (Fsp3) is 0.588. The van der Waals surface area contributed by atoms with Gasteiger partial charge in [0.15, 0.2) is 5.96 Å². The van der Waals surface area contributed by atoms with Crippen molar-refractivity contribution >= 4 is 29.9 Å². The summed E-state index contributed by atoms with van der Waals surface area (Å²) in [5.74, 6) is 0.290. The van der Waals surface area contributed by atoms with Gasteiger partial charge < -0.3 is 25.0 Å². The Hall–Kier alpha value is -1.27. The summed E-state index contributed by atoms with van der Waals surface area (Å²) in [6.45, 7) is 3.27. The normalized spacial score (nSPS) is 11.9. The average molecular weight is 504 g/mol. The van der Waals surface area contributed by atoms with Crippen molar-refractivity contribution in [2.75, 3.05) is 47.4 Å². The molecule has 0 saturated carbocycles. The van der Waals surface area contributed by atoms with Crippen molar-refractivity contribution in [3.63, 3.8) is 0 Å². The number of hydrogen-bond donors (Lipinski definition) is 2. The molecule has 0 amide bonds. The van der Waals surface area contributed by atoms with Gasteiger partial charge in [0, 0.05) is 52.5 Å². The number of likely N-dealkylation sites (N-methyl/N-ethyl adjacent to an activating group) is 1. The van der Waals surface area contributed by atoms with E-state index in [2.05, 4.69) is 25.3 Å². The Labute approximate surface area is 175 Å². The van der Waals surface area contributed by atoms with Gasteiger partial charge in [-0.2, -0.15) is 0 Å². The van der Waals surface area contributed by atoms with Gasteiger partial charge in [-0.15, -0.1) is 37.1 Å². The van der Waals surface area contributed by atoms with Crippen LogP contribution in [0.1, 0.15) is 12.0 Å². The first-order valence-electron chi connectivity index (χ1n) is 8.31. The third-order valence-corrected chi connectivity index (χ3v) is 3.54. The van der Waals surface area contributed by atoms with E-state index in [1.54, 1.807) is 26.3 Å². The van der Waals surface area contributed by atoms with Gasteiger partial charge in [0.2, 0.25) is 0 Å². The number of nitrogens with zero attached hydrogens (tertiary/aromatic N) is 2. The summed E-state index contributed by atoms with van der Waals surface area (Å²) in [7, 11) is 5.29. The molecule has 0 aliphatic carbocycles. The number of ether oxygens (including phenoxy) is 2. The van der Waals surface area contributed by atoms with E-state index in [-0.39, 0.29) is 36.3 Å². The maximum atomic E-state index is 12.4. The minimum atomic E-state index is -4.72. The van der Waals surface area contributed by atoms with Crippen molar-refractivity contribution < 1.29 is 22.6 Å². The van der Waals surface area contributed by atoms with Gasteiger partial charge in [-0.05, 0) is 19.5 Å². The lowest BCUT2D eigenvalue weighted by Gasteiger charge is -2.18. The van der Waals surface area contributed by atoms with E-state index in [4.69, 9.17) is 4.74 Å². The van der Waals surface area contributed by atoms with Crippen LogP contribution in [0.25, 0.3) is 0 Å². The van der Waals surface area contributed by atoms with Crippen LogP contribution >= 0.6 is 24.0 Å². The number of guanidine groups is 1. The highest BCUT2D eigenvalue weighted by Crippen LogP contribution is 2.25. The minimum absolute atomic E-state index is 0. The van der Waals surface area contributed by atoms with Crippen LogP contribution in [0.15, 0.2) is 29.3 Å². The molecule has 0 atom stereocenters. The molecular weight excluding hydrogens is 476 g/mol. The highest BCUT2D eigenvalue weighted by Gasteiger charge is 2.31. The predicted molar refractivity (Wildman–Crippen MR) is 111 cm³/mol. The Balaban J connectivity index is 0.00000676. The van der Waals surface area contributed by atoms with E-state index >= 15 is 0 Å². The molecule has 0 aliphatic rings. The average Bonchev–Trinajstić information content (AvgIpc) is 2.58. The number of nitrogens with one attached hydrogen (secondary N) is 2. The molecule has 0 saturated heterocycles. The number of aliphatic imine (C=N–C) groups is 1. The quantitative estimate of drug-likeness (QED) is 0.222. The molecule has 0 radical (unpaired) electrons. The highest BCUT2D eigenvalue weighted by molar-refractivity contribution is 14.0. The second kappa shape index (κ2) is 13.8. The summed E-state index contributed by atoms with van der Waals surface area (Å²) in [6.07, 6.45) is -3.76. The van der Waals surface area contributed by atoms with Crippen molar-refractivity contribution in [2.45, 2.75) is 19.3 Å². The zero-order valence-electron chi connectivity index (χ0n) is 15.8. The van der Waals surface area contributed by atoms with Crippen LogP contribution in [0.3, 0.4) is 0 Å². The summed E-state index contributed by atoms with van der Waals surface area (Å²) >= 11 is 0. The maximum Gasteiger partial charge on any atom is 0.573 e. The Bertz CT molecular complexity index is 559. The van der Waals surface area contributed by atoms with E-state index < -0.39 is 6.36 Å². The van der Waals surface area contributed by atoms with E-state index in [1.807, 2.05) is 7.05 Å². The molecular formula is C17H28F3IN4O2. The van der Waals surface area contributed by atoms with Crippen LogP contribution in [0, 0.1) is 0 Å². The molecule has 0 bridgehead atoms. The second-order valence-corrected chi connectivity index (χ2v) is 5.66. The van der Waals surface area contributed by atoms with E-state index in [9.17, 15) is 13.2 Å². The molecule has 0 fully saturated rings. The number of hydrogen-bond acceptors (Lipinski definition) is 4.